The monoisotopic (exact) mass is 377 g/mol. The normalized spacial score (nSPS) is 11.8. The lowest BCUT2D eigenvalue weighted by Crippen LogP contribution is -2.06. The Hall–Kier alpha value is -2.72. The molecule has 0 saturated heterocycles. The number of methoxy groups -OCH3 is 1. The Morgan fingerprint density at radius 3 is 2.30 bits per heavy atom. The van der Waals surface area contributed by atoms with Crippen LogP contribution in [0.1, 0.15) is 33.2 Å². The Labute approximate surface area is 164 Å². The van der Waals surface area contributed by atoms with Crippen LogP contribution in [-0.2, 0) is 0 Å². The van der Waals surface area contributed by atoms with E-state index in [9.17, 15) is 4.79 Å². The van der Waals surface area contributed by atoms with Gasteiger partial charge in [0.25, 0.3) is 0 Å². The van der Waals surface area contributed by atoms with Gasteiger partial charge in [-0.1, -0.05) is 54.1 Å². The summed E-state index contributed by atoms with van der Waals surface area (Å²) >= 11 is 1.62. The highest BCUT2D eigenvalue weighted by molar-refractivity contribution is 7.99. The molecule has 0 heterocycles. The molecule has 0 aliphatic carbocycles. The van der Waals surface area contributed by atoms with E-state index in [0.29, 0.717) is 6.42 Å². The van der Waals surface area contributed by atoms with Crippen LogP contribution in [0.3, 0.4) is 0 Å². The number of Topliss-reactive ketones (excluding diaryl/α,β-unsaturated/α-hetero) is 1. The van der Waals surface area contributed by atoms with Crippen molar-refractivity contribution in [1.82, 2.24) is 0 Å². The number of anilines is 1. The highest BCUT2D eigenvalue weighted by Crippen LogP contribution is 2.41. The molecule has 0 amide bonds. The molecular weight excluding hydrogens is 354 g/mol. The van der Waals surface area contributed by atoms with Gasteiger partial charge in [-0.3, -0.25) is 4.79 Å². The van der Waals surface area contributed by atoms with E-state index in [-0.39, 0.29) is 11.0 Å². The number of thioether (sulfide) groups is 1. The number of nitrogen functional groups attached to an aromatic ring is 1. The number of ether oxygens (including phenoxy) is 1. The average Bonchev–Trinajstić information content (AvgIpc) is 2.69. The summed E-state index contributed by atoms with van der Waals surface area (Å²) in [5.41, 5.74) is 9.80. The molecule has 3 aromatic carbocycles. The van der Waals surface area contributed by atoms with Crippen molar-refractivity contribution in [2.75, 3.05) is 12.8 Å². The molecule has 0 fully saturated rings. The van der Waals surface area contributed by atoms with Gasteiger partial charge in [0.1, 0.15) is 5.75 Å². The van der Waals surface area contributed by atoms with Crippen LogP contribution in [-0.4, -0.2) is 12.9 Å². The first kappa shape index (κ1) is 19.1. The Morgan fingerprint density at radius 2 is 1.67 bits per heavy atom. The highest BCUT2D eigenvalue weighted by atomic mass is 32.2. The maximum absolute atomic E-state index is 12.9. The standard InChI is InChI=1S/C23H23NO2S/c1-16-7-9-17(10-8-16)21(25)15-23(18-11-13-19(26-2)14-12-18)27-22-6-4-3-5-20(22)24/h3-14,23H,15,24H2,1-2H3/t23-/m1/s1. The van der Waals surface area contributed by atoms with Crippen molar-refractivity contribution in [3.05, 3.63) is 89.5 Å². The maximum atomic E-state index is 12.9. The van der Waals surface area contributed by atoms with Crippen molar-refractivity contribution in [2.24, 2.45) is 0 Å². The number of para-hydroxylation sites is 1. The molecule has 0 aromatic heterocycles. The Bertz CT molecular complexity index is 904. The quantitative estimate of drug-likeness (QED) is 0.326. The fourth-order valence-corrected chi connectivity index (χ4v) is 4.01. The first-order chi connectivity index (χ1) is 13.1. The molecule has 0 spiro atoms. The first-order valence-corrected chi connectivity index (χ1v) is 9.70. The Kier molecular flexibility index (Phi) is 6.20. The molecule has 4 heteroatoms. The molecule has 27 heavy (non-hydrogen) atoms. The number of carbonyl (C=O) groups excluding carboxylic acids is 1. The molecule has 3 rings (SSSR count). The summed E-state index contributed by atoms with van der Waals surface area (Å²) in [4.78, 5) is 13.9. The number of hydrogen-bond donors (Lipinski definition) is 1. The molecule has 0 aliphatic rings. The second-order valence-electron chi connectivity index (χ2n) is 6.41. The fraction of sp³-hybridized carbons (Fsp3) is 0.174. The third-order valence-electron chi connectivity index (χ3n) is 4.42. The molecule has 138 valence electrons. The molecule has 0 unspecified atom stereocenters. The second kappa shape index (κ2) is 8.78. The van der Waals surface area contributed by atoms with Crippen LogP contribution in [0.5, 0.6) is 5.75 Å². The summed E-state index contributed by atoms with van der Waals surface area (Å²) in [6.07, 6.45) is 0.397. The minimum absolute atomic E-state index is 0.0330. The van der Waals surface area contributed by atoms with Gasteiger partial charge < -0.3 is 10.5 Å². The summed E-state index contributed by atoms with van der Waals surface area (Å²) in [6.45, 7) is 2.02. The lowest BCUT2D eigenvalue weighted by molar-refractivity contribution is 0.0982. The molecule has 0 radical (unpaired) electrons. The minimum Gasteiger partial charge on any atom is -0.497 e. The van der Waals surface area contributed by atoms with Crippen LogP contribution in [0.25, 0.3) is 0 Å². The van der Waals surface area contributed by atoms with Crippen molar-refractivity contribution >= 4 is 23.2 Å². The lowest BCUT2D eigenvalue weighted by Gasteiger charge is -2.18. The van der Waals surface area contributed by atoms with E-state index < -0.39 is 0 Å². The van der Waals surface area contributed by atoms with Crippen molar-refractivity contribution < 1.29 is 9.53 Å². The molecule has 0 aliphatic heterocycles. The van der Waals surface area contributed by atoms with Gasteiger partial charge in [0.05, 0.1) is 7.11 Å². The van der Waals surface area contributed by atoms with Crippen LogP contribution >= 0.6 is 11.8 Å². The summed E-state index contributed by atoms with van der Waals surface area (Å²) in [6, 6.07) is 23.4. The predicted octanol–water partition coefficient (Wildman–Crippen LogP) is 5.69. The van der Waals surface area contributed by atoms with Gasteiger partial charge in [-0.2, -0.15) is 0 Å². The van der Waals surface area contributed by atoms with Crippen molar-refractivity contribution in [3.63, 3.8) is 0 Å². The minimum atomic E-state index is -0.0330. The van der Waals surface area contributed by atoms with Gasteiger partial charge in [-0.05, 0) is 36.8 Å². The number of hydrogen-bond acceptors (Lipinski definition) is 4. The summed E-state index contributed by atoms with van der Waals surface area (Å²) in [5.74, 6) is 0.921. The summed E-state index contributed by atoms with van der Waals surface area (Å²) in [7, 11) is 1.65. The van der Waals surface area contributed by atoms with Crippen LogP contribution in [0.4, 0.5) is 5.69 Å². The average molecular weight is 378 g/mol. The number of ketones is 1. The molecule has 0 bridgehead atoms. The fourth-order valence-electron chi connectivity index (χ4n) is 2.81. The maximum Gasteiger partial charge on any atom is 0.164 e. The van der Waals surface area contributed by atoms with Crippen LogP contribution in [0.15, 0.2) is 77.7 Å². The number of rotatable bonds is 7. The number of aryl methyl sites for hydroxylation is 1. The van der Waals surface area contributed by atoms with Gasteiger partial charge >= 0.3 is 0 Å². The summed E-state index contributed by atoms with van der Waals surface area (Å²) < 4.78 is 5.25. The SMILES string of the molecule is COc1ccc([C@@H](CC(=O)c2ccc(C)cc2)Sc2ccccc2N)cc1. The van der Waals surface area contributed by atoms with Gasteiger partial charge in [0.2, 0.25) is 0 Å². The second-order valence-corrected chi connectivity index (χ2v) is 7.66. The lowest BCUT2D eigenvalue weighted by atomic mass is 10.0. The first-order valence-electron chi connectivity index (χ1n) is 8.82. The zero-order chi connectivity index (χ0) is 19.2. The Morgan fingerprint density at radius 1 is 1.00 bits per heavy atom. The van der Waals surface area contributed by atoms with E-state index >= 15 is 0 Å². The van der Waals surface area contributed by atoms with Gasteiger partial charge in [0, 0.05) is 27.8 Å². The smallest absolute Gasteiger partial charge is 0.164 e. The van der Waals surface area contributed by atoms with E-state index in [1.165, 1.54) is 0 Å². The summed E-state index contributed by atoms with van der Waals surface area (Å²) in [5, 5.41) is -0.0330. The molecule has 0 saturated carbocycles. The van der Waals surface area contributed by atoms with Crippen LogP contribution in [0, 0.1) is 6.92 Å². The predicted molar refractivity (Wildman–Crippen MR) is 113 cm³/mol. The molecule has 3 aromatic rings. The van der Waals surface area contributed by atoms with E-state index in [1.54, 1.807) is 18.9 Å². The molecule has 3 nitrogen and oxygen atoms in total. The number of benzene rings is 3. The van der Waals surface area contributed by atoms with E-state index in [0.717, 1.165) is 33.0 Å². The van der Waals surface area contributed by atoms with Gasteiger partial charge in [0.15, 0.2) is 5.78 Å². The third kappa shape index (κ3) is 4.92. The number of carbonyl (C=O) groups is 1. The largest absolute Gasteiger partial charge is 0.497 e. The molecule has 1 atom stereocenters. The molecular formula is C23H23NO2S. The zero-order valence-electron chi connectivity index (χ0n) is 15.5. The van der Waals surface area contributed by atoms with E-state index in [2.05, 4.69) is 0 Å². The van der Waals surface area contributed by atoms with E-state index in [4.69, 9.17) is 10.5 Å². The van der Waals surface area contributed by atoms with Crippen LogP contribution < -0.4 is 10.5 Å². The highest BCUT2D eigenvalue weighted by Gasteiger charge is 2.20. The third-order valence-corrected chi connectivity index (χ3v) is 5.77. The van der Waals surface area contributed by atoms with Gasteiger partial charge in [-0.15, -0.1) is 11.8 Å². The van der Waals surface area contributed by atoms with Crippen molar-refractivity contribution in [3.8, 4) is 5.75 Å². The zero-order valence-corrected chi connectivity index (χ0v) is 16.3. The van der Waals surface area contributed by atoms with Crippen LogP contribution in [0.2, 0.25) is 0 Å². The molecule has 2 N–H and O–H groups in total. The van der Waals surface area contributed by atoms with E-state index in [1.807, 2.05) is 79.7 Å². The topological polar surface area (TPSA) is 52.3 Å². The Balaban J connectivity index is 1.87. The number of nitrogens with two attached hydrogens (primary N) is 1. The van der Waals surface area contributed by atoms with Crippen molar-refractivity contribution in [2.45, 2.75) is 23.5 Å². The van der Waals surface area contributed by atoms with Gasteiger partial charge in [-0.25, -0.2) is 0 Å². The van der Waals surface area contributed by atoms with Crippen molar-refractivity contribution in [1.29, 1.82) is 0 Å².